The number of nitrogens with zero attached hydrogens (tertiary/aromatic N) is 5. The molecule has 0 bridgehead atoms. The largest absolute Gasteiger partial charge is 0.481 e. The summed E-state index contributed by atoms with van der Waals surface area (Å²) < 4.78 is 1.57. The molecular weight excluding hydrogens is 366 g/mol. The van der Waals surface area contributed by atoms with E-state index in [9.17, 15) is 20.1 Å². The minimum Gasteiger partial charge on any atom is -0.481 e. The number of imidazole rings is 1. The summed E-state index contributed by atoms with van der Waals surface area (Å²) in [5.41, 5.74) is 1.44. The van der Waals surface area contributed by atoms with Crippen molar-refractivity contribution < 1.29 is 20.1 Å². The van der Waals surface area contributed by atoms with E-state index < -0.39 is 30.1 Å². The molecule has 1 aliphatic carbocycles. The number of carbonyl (C=O) groups is 1. The van der Waals surface area contributed by atoms with Crippen LogP contribution in [-0.2, 0) is 4.79 Å². The quantitative estimate of drug-likeness (QED) is 0.370. The fourth-order valence-electron chi connectivity index (χ4n) is 3.37. The molecule has 0 aliphatic heterocycles. The van der Waals surface area contributed by atoms with Gasteiger partial charge in [-0.25, -0.2) is 15.0 Å². The molecule has 0 amide bonds. The predicted molar refractivity (Wildman–Crippen MR) is 96.2 cm³/mol. The number of anilines is 1. The average molecular weight is 383 g/mol. The van der Waals surface area contributed by atoms with Gasteiger partial charge in [0.15, 0.2) is 17.0 Å². The number of hydrogen-bond donors (Lipinski definition) is 5. The van der Waals surface area contributed by atoms with Gasteiger partial charge in [-0.3, -0.25) is 9.89 Å². The van der Waals surface area contributed by atoms with Crippen LogP contribution in [0.15, 0.2) is 18.6 Å². The van der Waals surface area contributed by atoms with Gasteiger partial charge in [-0.2, -0.15) is 5.10 Å². The van der Waals surface area contributed by atoms with Gasteiger partial charge in [0.2, 0.25) is 5.82 Å². The number of aromatic amines is 1. The van der Waals surface area contributed by atoms with Gasteiger partial charge in [0.1, 0.15) is 11.8 Å². The summed E-state index contributed by atoms with van der Waals surface area (Å²) in [5, 5.41) is 39.2. The Bertz CT molecular complexity index is 1080. The highest BCUT2D eigenvalue weighted by molar-refractivity contribution is 5.83. The molecule has 5 N–H and O–H groups in total. The topological polar surface area (TPSA) is 162 Å². The van der Waals surface area contributed by atoms with E-state index in [0.29, 0.717) is 22.7 Å². The lowest BCUT2D eigenvalue weighted by molar-refractivity contribution is -0.145. The van der Waals surface area contributed by atoms with Crippen LogP contribution in [0.4, 0.5) is 5.82 Å². The van der Waals surface area contributed by atoms with E-state index in [-0.39, 0.29) is 12.2 Å². The van der Waals surface area contributed by atoms with E-state index in [1.54, 1.807) is 23.9 Å². The first kappa shape index (κ1) is 17.9. The Morgan fingerprint density at radius 2 is 2.14 bits per heavy atom. The van der Waals surface area contributed by atoms with Crippen LogP contribution in [-0.4, -0.2) is 70.3 Å². The molecule has 0 spiro atoms. The summed E-state index contributed by atoms with van der Waals surface area (Å²) in [4.78, 5) is 24.4. The molecule has 0 unspecified atom stereocenters. The van der Waals surface area contributed by atoms with Gasteiger partial charge in [-0.05, 0) is 24.3 Å². The zero-order valence-electron chi connectivity index (χ0n) is 14.7. The Morgan fingerprint density at radius 1 is 1.32 bits per heavy atom. The number of hydrogen-bond acceptors (Lipinski definition) is 8. The second kappa shape index (κ2) is 6.91. The second-order valence-corrected chi connectivity index (χ2v) is 6.42. The molecule has 0 saturated heterocycles. The maximum atomic E-state index is 11.3. The second-order valence-electron chi connectivity index (χ2n) is 6.42. The Balaban J connectivity index is 1.78. The van der Waals surface area contributed by atoms with Gasteiger partial charge in [0.25, 0.3) is 0 Å². The van der Waals surface area contributed by atoms with Crippen LogP contribution in [0.3, 0.4) is 0 Å². The van der Waals surface area contributed by atoms with Crippen LogP contribution < -0.4 is 5.32 Å². The molecule has 144 valence electrons. The highest BCUT2D eigenvalue weighted by atomic mass is 16.4. The van der Waals surface area contributed by atoms with E-state index >= 15 is 0 Å². The SMILES string of the molecule is CNc1nc(C#Cc2ccn[nH]2)nc2c1ncn2[C@@H]1C[C@H](C(=O)O)[C@@H](O)[C@H]1O. The van der Waals surface area contributed by atoms with Crippen LogP contribution >= 0.6 is 0 Å². The Morgan fingerprint density at radius 3 is 2.79 bits per heavy atom. The highest BCUT2D eigenvalue weighted by Gasteiger charge is 2.46. The minimum atomic E-state index is -1.37. The smallest absolute Gasteiger partial charge is 0.309 e. The molecule has 1 saturated carbocycles. The van der Waals surface area contributed by atoms with Crippen molar-refractivity contribution in [2.24, 2.45) is 5.92 Å². The van der Waals surface area contributed by atoms with Crippen molar-refractivity contribution in [3.8, 4) is 11.8 Å². The van der Waals surface area contributed by atoms with Gasteiger partial charge in [0, 0.05) is 13.2 Å². The lowest BCUT2D eigenvalue weighted by atomic mass is 10.1. The standard InChI is InChI=1S/C17H17N7O4/c1-18-15-12-16(22-11(21-15)3-2-8-4-5-20-23-8)24(7-19-12)10-6-9(17(27)28)13(25)14(10)26/h4-5,7,9-10,13-14,25-26H,6H2,1H3,(H,20,23)(H,27,28)(H,18,21,22)/t9-,10+,13+,14-/m0/s1. The predicted octanol–water partition coefficient (Wildman–Crippen LogP) is -0.642. The molecular formula is C17H17N7O4. The Labute approximate surface area is 158 Å². The molecule has 11 nitrogen and oxygen atoms in total. The molecule has 0 aromatic carbocycles. The molecule has 3 aromatic rings. The molecule has 3 aromatic heterocycles. The van der Waals surface area contributed by atoms with Gasteiger partial charge < -0.3 is 25.2 Å². The number of aromatic nitrogens is 6. The third-order valence-corrected chi connectivity index (χ3v) is 4.79. The summed E-state index contributed by atoms with van der Waals surface area (Å²) >= 11 is 0. The molecule has 4 atom stereocenters. The summed E-state index contributed by atoms with van der Waals surface area (Å²) in [6, 6.07) is 1.02. The zero-order chi connectivity index (χ0) is 19.8. The first-order valence-corrected chi connectivity index (χ1v) is 8.52. The number of H-pyrrole nitrogens is 1. The summed E-state index contributed by atoms with van der Waals surface area (Å²) in [6.45, 7) is 0. The normalized spacial score (nSPS) is 24.1. The minimum absolute atomic E-state index is 0.0528. The van der Waals surface area contributed by atoms with Crippen LogP contribution in [0, 0.1) is 17.8 Å². The number of aliphatic hydroxyl groups excluding tert-OH is 2. The van der Waals surface area contributed by atoms with Crippen molar-refractivity contribution in [2.45, 2.75) is 24.7 Å². The highest BCUT2D eigenvalue weighted by Crippen LogP contribution is 2.37. The summed E-state index contributed by atoms with van der Waals surface area (Å²) in [5.74, 6) is 4.14. The van der Waals surface area contributed by atoms with E-state index in [2.05, 4.69) is 42.3 Å². The molecule has 11 heteroatoms. The van der Waals surface area contributed by atoms with Gasteiger partial charge in [-0.15, -0.1) is 0 Å². The van der Waals surface area contributed by atoms with Gasteiger partial charge >= 0.3 is 5.97 Å². The fraction of sp³-hybridized carbons (Fsp3) is 0.353. The van der Waals surface area contributed by atoms with E-state index in [1.165, 1.54) is 6.33 Å². The Kier molecular flexibility index (Phi) is 4.42. The van der Waals surface area contributed by atoms with E-state index in [1.807, 2.05) is 0 Å². The number of fused-ring (bicyclic) bond motifs is 1. The molecule has 3 heterocycles. The maximum absolute atomic E-state index is 11.3. The first-order chi connectivity index (χ1) is 13.5. The first-order valence-electron chi connectivity index (χ1n) is 8.52. The molecule has 1 fully saturated rings. The van der Waals surface area contributed by atoms with Crippen molar-refractivity contribution in [3.05, 3.63) is 30.1 Å². The van der Waals surface area contributed by atoms with E-state index in [0.717, 1.165) is 0 Å². The average Bonchev–Trinajstić information content (AvgIpc) is 3.40. The van der Waals surface area contributed by atoms with E-state index in [4.69, 9.17) is 0 Å². The third-order valence-electron chi connectivity index (χ3n) is 4.79. The van der Waals surface area contributed by atoms with Crippen LogP contribution in [0.25, 0.3) is 11.2 Å². The molecule has 4 rings (SSSR count). The lowest BCUT2D eigenvalue weighted by Crippen LogP contribution is -2.32. The number of rotatable bonds is 3. The van der Waals surface area contributed by atoms with Crippen molar-refractivity contribution >= 4 is 23.0 Å². The number of carboxylic acids is 1. The van der Waals surface area contributed by atoms with Crippen molar-refractivity contribution in [1.82, 2.24) is 29.7 Å². The fourth-order valence-corrected chi connectivity index (χ4v) is 3.37. The monoisotopic (exact) mass is 383 g/mol. The van der Waals surface area contributed by atoms with Crippen LogP contribution in [0.2, 0.25) is 0 Å². The Hall–Kier alpha value is -3.49. The molecule has 1 aliphatic rings. The van der Waals surface area contributed by atoms with Gasteiger partial charge in [-0.1, -0.05) is 0 Å². The molecule has 0 radical (unpaired) electrons. The number of carboxylic acid groups (broad SMARTS) is 1. The maximum Gasteiger partial charge on any atom is 0.309 e. The zero-order valence-corrected chi connectivity index (χ0v) is 14.7. The molecule has 28 heavy (non-hydrogen) atoms. The van der Waals surface area contributed by atoms with Gasteiger partial charge in [0.05, 0.1) is 24.4 Å². The van der Waals surface area contributed by atoms with Crippen molar-refractivity contribution in [3.63, 3.8) is 0 Å². The van der Waals surface area contributed by atoms with Crippen molar-refractivity contribution in [2.75, 3.05) is 12.4 Å². The lowest BCUT2D eigenvalue weighted by Gasteiger charge is -2.18. The number of aliphatic carboxylic acids is 1. The van der Waals surface area contributed by atoms with Crippen LogP contribution in [0.5, 0.6) is 0 Å². The van der Waals surface area contributed by atoms with Crippen molar-refractivity contribution in [1.29, 1.82) is 0 Å². The number of nitrogens with one attached hydrogen (secondary N) is 2. The third kappa shape index (κ3) is 2.94. The summed E-state index contributed by atoms with van der Waals surface area (Å²) in [7, 11) is 1.68. The van der Waals surface area contributed by atoms with Crippen LogP contribution in [0.1, 0.15) is 24.0 Å². The summed E-state index contributed by atoms with van der Waals surface area (Å²) in [6.07, 6.45) is 0.457. The number of aliphatic hydroxyl groups is 2.